The van der Waals surface area contributed by atoms with Gasteiger partial charge in [0.1, 0.15) is 12.1 Å². The van der Waals surface area contributed by atoms with E-state index in [0.717, 1.165) is 24.1 Å². The van der Waals surface area contributed by atoms with Crippen LogP contribution < -0.4 is 10.2 Å². The van der Waals surface area contributed by atoms with Crippen molar-refractivity contribution in [2.75, 3.05) is 23.3 Å². The lowest BCUT2D eigenvalue weighted by molar-refractivity contribution is -0.137. The maximum absolute atomic E-state index is 12.5. The zero-order valence-corrected chi connectivity index (χ0v) is 14.4. The molecule has 5 nitrogen and oxygen atoms in total. The van der Waals surface area contributed by atoms with Crippen LogP contribution in [0.5, 0.6) is 0 Å². The molecule has 1 aromatic carbocycles. The minimum atomic E-state index is -4.45. The Morgan fingerprint density at radius 1 is 1.11 bits per heavy atom. The molecule has 1 fully saturated rings. The molecule has 1 saturated heterocycles. The first-order chi connectivity index (χ1) is 12.9. The van der Waals surface area contributed by atoms with Gasteiger partial charge in [0.15, 0.2) is 0 Å². The Morgan fingerprint density at radius 2 is 1.78 bits per heavy atom. The molecule has 1 aliphatic rings. The average Bonchev–Trinajstić information content (AvgIpc) is 2.68. The lowest BCUT2D eigenvalue weighted by atomic mass is 9.95. The molecule has 142 valence electrons. The van der Waals surface area contributed by atoms with Gasteiger partial charge in [0.05, 0.1) is 5.56 Å². The monoisotopic (exact) mass is 377 g/mol. The highest BCUT2D eigenvalue weighted by Crippen LogP contribution is 2.29. The first kappa shape index (κ1) is 18.9. The normalized spacial score (nSPS) is 15.4. The van der Waals surface area contributed by atoms with E-state index in [1.165, 1.54) is 0 Å². The summed E-state index contributed by atoms with van der Waals surface area (Å²) in [7, 11) is 0. The van der Waals surface area contributed by atoms with Crippen molar-refractivity contribution in [3.8, 4) is 0 Å². The maximum Gasteiger partial charge on any atom is 0.417 e. The van der Waals surface area contributed by atoms with Gasteiger partial charge in [-0.05, 0) is 49.2 Å². The Morgan fingerprint density at radius 3 is 2.30 bits per heavy atom. The largest absolute Gasteiger partial charge is 0.417 e. The number of alkyl halides is 3. The van der Waals surface area contributed by atoms with Crippen molar-refractivity contribution in [3.05, 3.63) is 53.7 Å². The van der Waals surface area contributed by atoms with Gasteiger partial charge in [-0.2, -0.15) is 13.2 Å². The Kier molecular flexibility index (Phi) is 5.43. The van der Waals surface area contributed by atoms with Crippen LogP contribution in [0.15, 0.2) is 42.6 Å². The van der Waals surface area contributed by atoms with Crippen LogP contribution in [0.2, 0.25) is 0 Å². The number of anilines is 2. The Labute approximate surface area is 154 Å². The molecule has 1 N–H and O–H groups in total. The van der Waals surface area contributed by atoms with E-state index in [-0.39, 0.29) is 17.6 Å². The minimum Gasteiger partial charge on any atom is -0.371 e. The number of carbonyl (C=O) groups is 2. The van der Waals surface area contributed by atoms with E-state index in [0.29, 0.717) is 37.7 Å². The number of benzene rings is 1. The summed E-state index contributed by atoms with van der Waals surface area (Å²) in [5.74, 6) is -0.349. The van der Waals surface area contributed by atoms with E-state index in [1.54, 1.807) is 12.1 Å². The van der Waals surface area contributed by atoms with Crippen molar-refractivity contribution in [2.45, 2.75) is 19.0 Å². The van der Waals surface area contributed by atoms with Crippen molar-refractivity contribution in [1.82, 2.24) is 4.98 Å². The SMILES string of the molecule is O=Cc1ccc(N2CCC(C(=O)Nc3ccc(C(F)(F)F)cn3)CC2)cc1. The molecule has 0 bridgehead atoms. The third-order valence-corrected chi connectivity index (χ3v) is 4.60. The summed E-state index contributed by atoms with van der Waals surface area (Å²) in [6.45, 7) is 1.36. The summed E-state index contributed by atoms with van der Waals surface area (Å²) in [5.41, 5.74) is 0.746. The molecule has 2 aromatic rings. The second-order valence-corrected chi connectivity index (χ2v) is 6.39. The number of piperidine rings is 1. The molecule has 2 heterocycles. The topological polar surface area (TPSA) is 62.3 Å². The summed E-state index contributed by atoms with van der Waals surface area (Å²) in [4.78, 5) is 28.9. The van der Waals surface area contributed by atoms with E-state index in [9.17, 15) is 22.8 Å². The molecule has 0 saturated carbocycles. The van der Waals surface area contributed by atoms with Crippen LogP contribution in [-0.2, 0) is 11.0 Å². The lowest BCUT2D eigenvalue weighted by Crippen LogP contribution is -2.38. The molecule has 0 spiro atoms. The van der Waals surface area contributed by atoms with E-state index in [1.807, 2.05) is 12.1 Å². The smallest absolute Gasteiger partial charge is 0.371 e. The zero-order chi connectivity index (χ0) is 19.4. The number of aromatic nitrogens is 1. The number of carbonyl (C=O) groups excluding carboxylic acids is 2. The molecule has 0 unspecified atom stereocenters. The van der Waals surface area contributed by atoms with Crippen LogP contribution in [0.1, 0.15) is 28.8 Å². The molecule has 3 rings (SSSR count). The van der Waals surface area contributed by atoms with Crippen LogP contribution in [0.3, 0.4) is 0 Å². The van der Waals surface area contributed by atoms with Gasteiger partial charge in [0.2, 0.25) is 5.91 Å². The molecule has 0 atom stereocenters. The second kappa shape index (κ2) is 7.77. The van der Waals surface area contributed by atoms with E-state index in [4.69, 9.17) is 0 Å². The average molecular weight is 377 g/mol. The molecule has 1 aliphatic heterocycles. The number of halogens is 3. The summed E-state index contributed by atoms with van der Waals surface area (Å²) < 4.78 is 37.6. The molecule has 27 heavy (non-hydrogen) atoms. The number of hydrogen-bond acceptors (Lipinski definition) is 4. The number of hydrogen-bond donors (Lipinski definition) is 1. The molecule has 8 heteroatoms. The van der Waals surface area contributed by atoms with E-state index < -0.39 is 11.7 Å². The van der Waals surface area contributed by atoms with Crippen molar-refractivity contribution < 1.29 is 22.8 Å². The minimum absolute atomic E-state index is 0.111. The fourth-order valence-corrected chi connectivity index (χ4v) is 3.03. The standard InChI is InChI=1S/C19H18F3N3O2/c20-19(21,22)15-3-6-17(23-11-15)24-18(27)14-7-9-25(10-8-14)16-4-1-13(12-26)2-5-16/h1-6,11-12,14H,7-10H2,(H,23,24,27). The lowest BCUT2D eigenvalue weighted by Gasteiger charge is -2.33. The molecular weight excluding hydrogens is 359 g/mol. The third-order valence-electron chi connectivity index (χ3n) is 4.60. The van der Waals surface area contributed by atoms with Gasteiger partial charge in [-0.15, -0.1) is 0 Å². The van der Waals surface area contributed by atoms with Gasteiger partial charge >= 0.3 is 6.18 Å². The number of nitrogens with one attached hydrogen (secondary N) is 1. The number of rotatable bonds is 4. The van der Waals surface area contributed by atoms with Crippen LogP contribution in [-0.4, -0.2) is 30.3 Å². The molecule has 0 radical (unpaired) electrons. The first-order valence-corrected chi connectivity index (χ1v) is 8.51. The van der Waals surface area contributed by atoms with Crippen LogP contribution in [0.25, 0.3) is 0 Å². The highest BCUT2D eigenvalue weighted by molar-refractivity contribution is 5.91. The molecule has 1 aromatic heterocycles. The van der Waals surface area contributed by atoms with Gasteiger partial charge in [-0.3, -0.25) is 9.59 Å². The highest BCUT2D eigenvalue weighted by atomic mass is 19.4. The quantitative estimate of drug-likeness (QED) is 0.824. The van der Waals surface area contributed by atoms with Crippen LogP contribution in [0.4, 0.5) is 24.7 Å². The zero-order valence-electron chi connectivity index (χ0n) is 14.4. The first-order valence-electron chi connectivity index (χ1n) is 8.51. The summed E-state index contributed by atoms with van der Waals surface area (Å²) in [5, 5.41) is 2.59. The highest BCUT2D eigenvalue weighted by Gasteiger charge is 2.31. The molecular formula is C19H18F3N3O2. The van der Waals surface area contributed by atoms with Crippen LogP contribution in [0, 0.1) is 5.92 Å². The number of aldehydes is 1. The summed E-state index contributed by atoms with van der Waals surface area (Å²) >= 11 is 0. The predicted molar refractivity (Wildman–Crippen MR) is 94.6 cm³/mol. The van der Waals surface area contributed by atoms with Crippen LogP contribution >= 0.6 is 0 Å². The van der Waals surface area contributed by atoms with Crippen molar-refractivity contribution in [2.24, 2.45) is 5.92 Å². The Hall–Kier alpha value is -2.90. The fraction of sp³-hybridized carbons (Fsp3) is 0.316. The second-order valence-electron chi connectivity index (χ2n) is 6.39. The number of amides is 1. The van der Waals surface area contributed by atoms with Gasteiger partial charge < -0.3 is 10.2 Å². The fourth-order valence-electron chi connectivity index (χ4n) is 3.03. The maximum atomic E-state index is 12.5. The molecule has 1 amide bonds. The Bertz CT molecular complexity index is 796. The molecule has 0 aliphatic carbocycles. The van der Waals surface area contributed by atoms with Gasteiger partial charge in [-0.25, -0.2) is 4.98 Å². The van der Waals surface area contributed by atoms with Crippen molar-refractivity contribution in [3.63, 3.8) is 0 Å². The summed E-state index contributed by atoms with van der Waals surface area (Å²) in [6, 6.07) is 9.29. The number of nitrogens with zero attached hydrogens (tertiary/aromatic N) is 2. The van der Waals surface area contributed by atoms with Gasteiger partial charge in [-0.1, -0.05) is 0 Å². The summed E-state index contributed by atoms with van der Waals surface area (Å²) in [6.07, 6.45) is -1.70. The number of pyridine rings is 1. The van der Waals surface area contributed by atoms with Crippen molar-refractivity contribution in [1.29, 1.82) is 0 Å². The van der Waals surface area contributed by atoms with Gasteiger partial charge in [0.25, 0.3) is 0 Å². The van der Waals surface area contributed by atoms with Crippen molar-refractivity contribution >= 4 is 23.7 Å². The van der Waals surface area contributed by atoms with Gasteiger partial charge in [0, 0.05) is 36.5 Å². The third kappa shape index (κ3) is 4.64. The predicted octanol–water partition coefficient (Wildman–Crippen LogP) is 3.77. The van der Waals surface area contributed by atoms with E-state index >= 15 is 0 Å². The van der Waals surface area contributed by atoms with E-state index in [2.05, 4.69) is 15.2 Å². The Balaban J connectivity index is 1.54.